The van der Waals surface area contributed by atoms with Crippen LogP contribution >= 0.6 is 22.7 Å². The van der Waals surface area contributed by atoms with E-state index < -0.39 is 6.04 Å². The third-order valence-corrected chi connectivity index (χ3v) is 7.75. The fraction of sp³-hybridized carbons (Fsp3) is 0.179. The zero-order valence-electron chi connectivity index (χ0n) is 20.1. The fourth-order valence-electron chi connectivity index (χ4n) is 4.27. The molecule has 0 saturated carbocycles. The van der Waals surface area contributed by atoms with Gasteiger partial charge in [-0.1, -0.05) is 50.2 Å². The lowest BCUT2D eigenvalue weighted by Gasteiger charge is -2.25. The molecule has 1 aliphatic rings. The van der Waals surface area contributed by atoms with Crippen LogP contribution in [0.4, 0.5) is 10.8 Å². The van der Waals surface area contributed by atoms with Crippen molar-refractivity contribution in [3.63, 3.8) is 0 Å². The van der Waals surface area contributed by atoms with Gasteiger partial charge >= 0.3 is 0 Å². The maximum Gasteiger partial charge on any atom is 0.277 e. The summed E-state index contributed by atoms with van der Waals surface area (Å²) in [5.74, 6) is 0.536. The number of aromatic nitrogens is 1. The van der Waals surface area contributed by atoms with Gasteiger partial charge in [0.25, 0.3) is 5.91 Å². The molecule has 0 fully saturated rings. The Morgan fingerprint density at radius 2 is 1.86 bits per heavy atom. The van der Waals surface area contributed by atoms with E-state index in [0.29, 0.717) is 32.9 Å². The Kier molecular flexibility index (Phi) is 6.71. The lowest BCUT2D eigenvalue weighted by Crippen LogP contribution is -2.31. The number of hydrogen-bond acceptors (Lipinski definition) is 7. The van der Waals surface area contributed by atoms with Crippen molar-refractivity contribution in [3.05, 3.63) is 105 Å². The van der Waals surface area contributed by atoms with Gasteiger partial charge in [0.2, 0.25) is 5.78 Å². The summed E-state index contributed by atoms with van der Waals surface area (Å²) in [5.41, 5.74) is 3.34. The Morgan fingerprint density at radius 1 is 1.06 bits per heavy atom. The lowest BCUT2D eigenvalue weighted by atomic mass is 9.93. The molecule has 4 aromatic rings. The third kappa shape index (κ3) is 4.45. The number of thiazole rings is 1. The van der Waals surface area contributed by atoms with Crippen LogP contribution in [0, 0.1) is 0 Å². The van der Waals surface area contributed by atoms with E-state index in [1.165, 1.54) is 28.2 Å². The number of anilines is 2. The molecule has 8 heteroatoms. The van der Waals surface area contributed by atoms with Gasteiger partial charge in [-0.25, -0.2) is 4.98 Å². The van der Waals surface area contributed by atoms with Gasteiger partial charge in [-0.15, -0.1) is 22.7 Å². The second-order valence-electron chi connectivity index (χ2n) is 8.67. The first kappa shape index (κ1) is 24.0. The van der Waals surface area contributed by atoms with Crippen molar-refractivity contribution in [1.29, 1.82) is 0 Å². The number of ether oxygens (including phenoxy) is 1. The number of hydrogen-bond donors (Lipinski definition) is 1. The molecule has 36 heavy (non-hydrogen) atoms. The standard InChI is InChI=1S/C28H25N3O3S2/c1-17(2)18-9-11-19(12-10-18)25-23(26(32)22-8-5-14-35-22)24(27(33)31(25)28-29-13-15-36-28)30-20-6-4-7-21(16-20)34-3/h4-17,25,30H,1-3H3. The molecule has 2 aromatic heterocycles. The van der Waals surface area contributed by atoms with E-state index in [1.807, 2.05) is 47.2 Å². The van der Waals surface area contributed by atoms with Gasteiger partial charge in [0.1, 0.15) is 11.4 Å². The van der Waals surface area contributed by atoms with Crippen LogP contribution in [0.1, 0.15) is 46.6 Å². The zero-order chi connectivity index (χ0) is 25.2. The molecular weight excluding hydrogens is 490 g/mol. The molecule has 0 bridgehead atoms. The second kappa shape index (κ2) is 10.1. The molecule has 0 saturated heterocycles. The average Bonchev–Trinajstić information content (AvgIpc) is 3.66. The highest BCUT2D eigenvalue weighted by Gasteiger charge is 2.45. The predicted octanol–water partition coefficient (Wildman–Crippen LogP) is 6.67. The van der Waals surface area contributed by atoms with Gasteiger partial charge in [-0.3, -0.25) is 14.5 Å². The number of thiophene rings is 1. The van der Waals surface area contributed by atoms with Gasteiger partial charge in [0.05, 0.1) is 23.6 Å². The maximum atomic E-state index is 14.0. The molecule has 1 unspecified atom stereocenters. The summed E-state index contributed by atoms with van der Waals surface area (Å²) in [5, 5.41) is 7.48. The number of benzene rings is 2. The Hall–Kier alpha value is -3.75. The molecule has 3 heterocycles. The van der Waals surface area contributed by atoms with Gasteiger partial charge in [0.15, 0.2) is 5.13 Å². The number of methoxy groups -OCH3 is 1. The highest BCUT2D eigenvalue weighted by molar-refractivity contribution is 7.14. The molecule has 2 aromatic carbocycles. The number of nitrogens with one attached hydrogen (secondary N) is 1. The van der Waals surface area contributed by atoms with Gasteiger partial charge in [-0.2, -0.15) is 0 Å². The Balaban J connectivity index is 1.69. The summed E-state index contributed by atoms with van der Waals surface area (Å²) in [6.07, 6.45) is 1.67. The first-order valence-corrected chi connectivity index (χ1v) is 13.3. The van der Waals surface area contributed by atoms with E-state index >= 15 is 0 Å². The summed E-state index contributed by atoms with van der Waals surface area (Å²) < 4.78 is 5.36. The number of rotatable bonds is 8. The van der Waals surface area contributed by atoms with Gasteiger partial charge in [0, 0.05) is 23.3 Å². The number of Topliss-reactive ketones (excluding diaryl/α,β-unsaturated/α-hetero) is 1. The number of amides is 1. The second-order valence-corrected chi connectivity index (χ2v) is 10.5. The van der Waals surface area contributed by atoms with E-state index in [4.69, 9.17) is 4.74 Å². The minimum absolute atomic E-state index is 0.180. The van der Waals surface area contributed by atoms with Crippen LogP contribution < -0.4 is 15.0 Å². The topological polar surface area (TPSA) is 71.5 Å². The summed E-state index contributed by atoms with van der Waals surface area (Å²) in [4.78, 5) is 34.6. The molecule has 1 aliphatic heterocycles. The highest BCUT2D eigenvalue weighted by Crippen LogP contribution is 2.44. The van der Waals surface area contributed by atoms with Crippen LogP contribution in [0.15, 0.2) is 88.9 Å². The van der Waals surface area contributed by atoms with Crippen molar-refractivity contribution in [2.45, 2.75) is 25.8 Å². The highest BCUT2D eigenvalue weighted by atomic mass is 32.1. The Bertz CT molecular complexity index is 1410. The van der Waals surface area contributed by atoms with Crippen molar-refractivity contribution >= 4 is 45.2 Å². The van der Waals surface area contributed by atoms with Crippen LogP contribution in [0.25, 0.3) is 0 Å². The van der Waals surface area contributed by atoms with Crippen molar-refractivity contribution < 1.29 is 14.3 Å². The number of nitrogens with zero attached hydrogens (tertiary/aromatic N) is 2. The minimum Gasteiger partial charge on any atom is -0.497 e. The summed E-state index contributed by atoms with van der Waals surface area (Å²) in [6.45, 7) is 4.27. The molecule has 0 radical (unpaired) electrons. The fourth-order valence-corrected chi connectivity index (χ4v) is 5.62. The van der Waals surface area contributed by atoms with E-state index in [1.54, 1.807) is 30.3 Å². The molecule has 1 atom stereocenters. The van der Waals surface area contributed by atoms with E-state index in [-0.39, 0.29) is 17.4 Å². The summed E-state index contributed by atoms with van der Waals surface area (Å²) in [6, 6.07) is 18.4. The lowest BCUT2D eigenvalue weighted by molar-refractivity contribution is -0.114. The smallest absolute Gasteiger partial charge is 0.277 e. The molecule has 1 N–H and O–H groups in total. The third-order valence-electron chi connectivity index (χ3n) is 6.11. The molecule has 0 aliphatic carbocycles. The predicted molar refractivity (Wildman–Crippen MR) is 145 cm³/mol. The van der Waals surface area contributed by atoms with Gasteiger partial charge in [-0.05, 0) is 40.6 Å². The first-order chi connectivity index (χ1) is 17.5. The van der Waals surface area contributed by atoms with Crippen LogP contribution in [-0.4, -0.2) is 23.8 Å². The quantitative estimate of drug-likeness (QED) is 0.265. The van der Waals surface area contributed by atoms with Crippen LogP contribution in [0.5, 0.6) is 5.75 Å². The van der Waals surface area contributed by atoms with Gasteiger partial charge < -0.3 is 10.1 Å². The average molecular weight is 516 g/mol. The molecular formula is C28H25N3O3S2. The monoisotopic (exact) mass is 515 g/mol. The van der Waals surface area contributed by atoms with Crippen LogP contribution in [0.2, 0.25) is 0 Å². The molecule has 6 nitrogen and oxygen atoms in total. The molecule has 0 spiro atoms. The zero-order valence-corrected chi connectivity index (χ0v) is 21.7. The minimum atomic E-state index is -0.618. The van der Waals surface area contributed by atoms with Crippen molar-refractivity contribution in [1.82, 2.24) is 4.98 Å². The number of carbonyl (C=O) groups excluding carboxylic acids is 2. The van der Waals surface area contributed by atoms with E-state index in [2.05, 4.69) is 36.3 Å². The normalized spacial score (nSPS) is 15.6. The SMILES string of the molecule is COc1cccc(NC2=C(C(=O)c3cccs3)C(c3ccc(C(C)C)cc3)N(c3nccs3)C2=O)c1. The van der Waals surface area contributed by atoms with Crippen LogP contribution in [-0.2, 0) is 4.79 Å². The number of carbonyl (C=O) groups is 2. The maximum absolute atomic E-state index is 14.0. The largest absolute Gasteiger partial charge is 0.497 e. The molecule has 5 rings (SSSR count). The van der Waals surface area contributed by atoms with Crippen molar-refractivity contribution in [3.8, 4) is 5.75 Å². The van der Waals surface area contributed by atoms with E-state index in [0.717, 1.165) is 5.56 Å². The van der Waals surface area contributed by atoms with E-state index in [9.17, 15) is 9.59 Å². The summed E-state index contributed by atoms with van der Waals surface area (Å²) in [7, 11) is 1.59. The molecule has 1 amide bonds. The molecule has 182 valence electrons. The Morgan fingerprint density at radius 3 is 2.50 bits per heavy atom. The summed E-state index contributed by atoms with van der Waals surface area (Å²) >= 11 is 2.73. The van der Waals surface area contributed by atoms with Crippen LogP contribution in [0.3, 0.4) is 0 Å². The van der Waals surface area contributed by atoms with Crippen molar-refractivity contribution in [2.24, 2.45) is 0 Å². The van der Waals surface area contributed by atoms with Crippen molar-refractivity contribution in [2.75, 3.05) is 17.3 Å². The first-order valence-electron chi connectivity index (χ1n) is 11.5. The Labute approximate surface area is 217 Å². The number of ketones is 1.